The Bertz CT molecular complexity index is 1210. The van der Waals surface area contributed by atoms with Gasteiger partial charge in [-0.15, -0.1) is 0 Å². The smallest absolute Gasteiger partial charge is 0.412 e. The third-order valence-electron chi connectivity index (χ3n) is 5.96. The number of hydrogen-bond acceptors (Lipinski definition) is 4. The van der Waals surface area contributed by atoms with E-state index < -0.39 is 11.7 Å². The summed E-state index contributed by atoms with van der Waals surface area (Å²) >= 11 is 0. The summed E-state index contributed by atoms with van der Waals surface area (Å²) in [5, 5.41) is 4.59. The SMILES string of the molecule is CC(C)(C)OC(=O)Nc1cc2ccccc2cc1C(=O)N1CCC(C(=O)c2ccccc2)CC1. The van der Waals surface area contributed by atoms with Gasteiger partial charge in [-0.05, 0) is 56.5 Å². The fraction of sp³-hybridized carbons (Fsp3) is 0.321. The van der Waals surface area contributed by atoms with Crippen LogP contribution in [0.3, 0.4) is 0 Å². The fourth-order valence-electron chi connectivity index (χ4n) is 4.29. The van der Waals surface area contributed by atoms with E-state index in [0.717, 1.165) is 10.8 Å². The third-order valence-corrected chi connectivity index (χ3v) is 5.96. The summed E-state index contributed by atoms with van der Waals surface area (Å²) in [7, 11) is 0. The van der Waals surface area contributed by atoms with Gasteiger partial charge in [0.1, 0.15) is 5.60 Å². The summed E-state index contributed by atoms with van der Waals surface area (Å²) in [5.74, 6) is -0.129. The first kappa shape index (κ1) is 23.5. The van der Waals surface area contributed by atoms with Crippen LogP contribution < -0.4 is 5.32 Å². The quantitative estimate of drug-likeness (QED) is 0.492. The van der Waals surface area contributed by atoms with E-state index in [-0.39, 0.29) is 17.6 Å². The molecule has 1 heterocycles. The Labute approximate surface area is 199 Å². The van der Waals surface area contributed by atoms with Crippen molar-refractivity contribution in [1.82, 2.24) is 4.90 Å². The predicted molar refractivity (Wildman–Crippen MR) is 133 cm³/mol. The minimum absolute atomic E-state index is 0.0950. The monoisotopic (exact) mass is 458 g/mol. The lowest BCUT2D eigenvalue weighted by Gasteiger charge is -2.32. The standard InChI is InChI=1S/C28H30N2O4/c1-28(2,3)34-27(33)29-24-18-22-12-8-7-11-21(22)17-23(24)26(32)30-15-13-20(14-16-30)25(31)19-9-5-4-6-10-19/h4-12,17-18,20H,13-16H2,1-3H3,(H,29,33). The highest BCUT2D eigenvalue weighted by atomic mass is 16.6. The second-order valence-corrected chi connectivity index (χ2v) is 9.67. The molecule has 0 spiro atoms. The molecule has 1 aliphatic heterocycles. The molecule has 34 heavy (non-hydrogen) atoms. The van der Waals surface area contributed by atoms with E-state index in [4.69, 9.17) is 4.74 Å². The fourth-order valence-corrected chi connectivity index (χ4v) is 4.29. The number of carbonyl (C=O) groups excluding carboxylic acids is 3. The number of rotatable bonds is 4. The summed E-state index contributed by atoms with van der Waals surface area (Å²) in [6, 6.07) is 20.6. The summed E-state index contributed by atoms with van der Waals surface area (Å²) in [5.41, 5.74) is 0.890. The largest absolute Gasteiger partial charge is 0.444 e. The molecule has 1 N–H and O–H groups in total. The van der Waals surface area contributed by atoms with Gasteiger partial charge in [0, 0.05) is 24.6 Å². The van der Waals surface area contributed by atoms with Gasteiger partial charge >= 0.3 is 6.09 Å². The van der Waals surface area contributed by atoms with E-state index in [2.05, 4.69) is 5.32 Å². The van der Waals surface area contributed by atoms with E-state index in [1.165, 1.54) is 0 Å². The van der Waals surface area contributed by atoms with Gasteiger partial charge in [0.2, 0.25) is 0 Å². The lowest BCUT2D eigenvalue weighted by Crippen LogP contribution is -2.40. The summed E-state index contributed by atoms with van der Waals surface area (Å²) in [6.45, 7) is 6.35. The van der Waals surface area contributed by atoms with E-state index in [1.807, 2.05) is 60.7 Å². The number of nitrogens with zero attached hydrogens (tertiary/aromatic N) is 1. The molecule has 0 aliphatic carbocycles. The number of amides is 2. The molecule has 0 atom stereocenters. The van der Waals surface area contributed by atoms with Crippen molar-refractivity contribution in [2.75, 3.05) is 18.4 Å². The van der Waals surface area contributed by atoms with E-state index >= 15 is 0 Å². The Morgan fingerprint density at radius 1 is 0.882 bits per heavy atom. The summed E-state index contributed by atoms with van der Waals surface area (Å²) < 4.78 is 5.40. The van der Waals surface area contributed by atoms with Gasteiger partial charge in [-0.1, -0.05) is 54.6 Å². The van der Waals surface area contributed by atoms with Crippen molar-refractivity contribution in [1.29, 1.82) is 0 Å². The number of ketones is 1. The number of Topliss-reactive ketones (excluding diaryl/α,β-unsaturated/α-hetero) is 1. The molecule has 3 aromatic rings. The maximum absolute atomic E-state index is 13.5. The van der Waals surface area contributed by atoms with Gasteiger partial charge in [-0.3, -0.25) is 14.9 Å². The molecule has 176 valence electrons. The van der Waals surface area contributed by atoms with Crippen LogP contribution in [0.5, 0.6) is 0 Å². The van der Waals surface area contributed by atoms with Crippen molar-refractivity contribution >= 4 is 34.2 Å². The number of benzene rings is 3. The van der Waals surface area contributed by atoms with Crippen molar-refractivity contribution in [3.05, 3.63) is 77.9 Å². The number of anilines is 1. The highest BCUT2D eigenvalue weighted by molar-refractivity contribution is 6.07. The van der Waals surface area contributed by atoms with Crippen LogP contribution in [0.1, 0.15) is 54.3 Å². The van der Waals surface area contributed by atoms with Crippen LogP contribution in [0, 0.1) is 5.92 Å². The zero-order valence-corrected chi connectivity index (χ0v) is 19.8. The third kappa shape index (κ3) is 5.45. The minimum Gasteiger partial charge on any atom is -0.444 e. The maximum atomic E-state index is 13.5. The Morgan fingerprint density at radius 3 is 2.09 bits per heavy atom. The van der Waals surface area contributed by atoms with Crippen LogP contribution >= 0.6 is 0 Å². The molecular weight excluding hydrogens is 428 g/mol. The van der Waals surface area contributed by atoms with E-state index in [1.54, 1.807) is 31.7 Å². The molecule has 0 radical (unpaired) electrons. The molecule has 1 aliphatic rings. The number of piperidine rings is 1. The lowest BCUT2D eigenvalue weighted by atomic mass is 9.88. The molecule has 0 aromatic heterocycles. The van der Waals surface area contributed by atoms with Crippen molar-refractivity contribution in [3.63, 3.8) is 0 Å². The molecule has 1 saturated heterocycles. The molecule has 0 unspecified atom stereocenters. The summed E-state index contributed by atoms with van der Waals surface area (Å²) in [4.78, 5) is 40.6. The number of fused-ring (bicyclic) bond motifs is 1. The molecule has 0 saturated carbocycles. The molecule has 4 rings (SSSR count). The van der Waals surface area contributed by atoms with Crippen molar-refractivity contribution in [2.45, 2.75) is 39.2 Å². The van der Waals surface area contributed by atoms with Gasteiger partial charge in [0.15, 0.2) is 5.78 Å². The Kier molecular flexibility index (Phi) is 6.68. The molecule has 0 bridgehead atoms. The number of hydrogen-bond donors (Lipinski definition) is 1. The number of ether oxygens (including phenoxy) is 1. The highest BCUT2D eigenvalue weighted by Gasteiger charge is 2.30. The van der Waals surface area contributed by atoms with Crippen LogP contribution in [-0.4, -0.2) is 41.4 Å². The van der Waals surface area contributed by atoms with Gasteiger partial charge in [-0.2, -0.15) is 0 Å². The Morgan fingerprint density at radius 2 is 1.47 bits per heavy atom. The minimum atomic E-state index is -0.654. The predicted octanol–water partition coefficient (Wildman–Crippen LogP) is 5.92. The number of likely N-dealkylation sites (tertiary alicyclic amines) is 1. The molecule has 2 amide bonds. The van der Waals surface area contributed by atoms with Crippen LogP contribution in [0.4, 0.5) is 10.5 Å². The molecular formula is C28H30N2O4. The van der Waals surface area contributed by atoms with Crippen LogP contribution in [-0.2, 0) is 4.74 Å². The maximum Gasteiger partial charge on any atom is 0.412 e. The van der Waals surface area contributed by atoms with Crippen LogP contribution in [0.2, 0.25) is 0 Å². The molecule has 6 nitrogen and oxygen atoms in total. The van der Waals surface area contributed by atoms with Gasteiger partial charge in [-0.25, -0.2) is 4.79 Å². The zero-order valence-electron chi connectivity index (χ0n) is 19.8. The first-order valence-electron chi connectivity index (χ1n) is 11.6. The number of nitrogens with one attached hydrogen (secondary N) is 1. The average molecular weight is 459 g/mol. The first-order chi connectivity index (χ1) is 16.2. The van der Waals surface area contributed by atoms with E-state index in [9.17, 15) is 14.4 Å². The van der Waals surface area contributed by atoms with Gasteiger partial charge < -0.3 is 9.64 Å². The van der Waals surface area contributed by atoms with Crippen LogP contribution in [0.25, 0.3) is 10.8 Å². The summed E-state index contributed by atoms with van der Waals surface area (Å²) in [6.07, 6.45) is 0.619. The van der Waals surface area contributed by atoms with Crippen LogP contribution in [0.15, 0.2) is 66.7 Å². The van der Waals surface area contributed by atoms with Crippen molar-refractivity contribution < 1.29 is 19.1 Å². The Hall–Kier alpha value is -3.67. The molecule has 1 fully saturated rings. The average Bonchev–Trinajstić information content (AvgIpc) is 2.82. The molecule has 6 heteroatoms. The first-order valence-corrected chi connectivity index (χ1v) is 11.6. The highest BCUT2D eigenvalue weighted by Crippen LogP contribution is 2.29. The van der Waals surface area contributed by atoms with Gasteiger partial charge in [0.25, 0.3) is 5.91 Å². The molecule has 3 aromatic carbocycles. The second kappa shape index (κ2) is 9.67. The van der Waals surface area contributed by atoms with Gasteiger partial charge in [0.05, 0.1) is 11.3 Å². The van der Waals surface area contributed by atoms with E-state index in [0.29, 0.717) is 42.7 Å². The zero-order chi connectivity index (χ0) is 24.3. The lowest BCUT2D eigenvalue weighted by molar-refractivity contribution is 0.0633. The second-order valence-electron chi connectivity index (χ2n) is 9.67. The Balaban J connectivity index is 1.53. The number of carbonyl (C=O) groups is 3. The topological polar surface area (TPSA) is 75.7 Å². The van der Waals surface area contributed by atoms with Crippen molar-refractivity contribution in [2.24, 2.45) is 5.92 Å². The normalized spacial score (nSPS) is 14.6. The van der Waals surface area contributed by atoms with Crippen molar-refractivity contribution in [3.8, 4) is 0 Å².